The minimum atomic E-state index is -0.770. The molecule has 1 amide bonds. The third kappa shape index (κ3) is 5.36. The van der Waals surface area contributed by atoms with E-state index in [1.807, 2.05) is 24.6 Å². The molecule has 1 heterocycles. The zero-order valence-corrected chi connectivity index (χ0v) is 13.4. The number of hydrogen-bond donors (Lipinski definition) is 2. The number of carbonyl (C=O) groups excluding carboxylic acids is 1. The number of aliphatic carboxylic acids is 1. The van der Waals surface area contributed by atoms with Crippen LogP contribution in [0.3, 0.4) is 0 Å². The van der Waals surface area contributed by atoms with Gasteiger partial charge in [0.1, 0.15) is 5.69 Å². The molecule has 0 aromatic carbocycles. The Kier molecular flexibility index (Phi) is 6.78. The van der Waals surface area contributed by atoms with E-state index in [-0.39, 0.29) is 18.4 Å². The zero-order chi connectivity index (χ0) is 15.1. The minimum absolute atomic E-state index is 0.0948. The number of carbonyl (C=O) groups is 2. The van der Waals surface area contributed by atoms with Gasteiger partial charge in [0.2, 0.25) is 0 Å². The number of hydrogen-bond acceptors (Lipinski definition) is 2. The summed E-state index contributed by atoms with van der Waals surface area (Å²) in [5.74, 6) is -0.865. The Morgan fingerprint density at radius 1 is 1.35 bits per heavy atom. The predicted molar refractivity (Wildman–Crippen MR) is 81.0 cm³/mol. The van der Waals surface area contributed by atoms with E-state index in [0.717, 1.165) is 17.3 Å². The number of nitrogens with one attached hydrogen (secondary N) is 1. The quantitative estimate of drug-likeness (QED) is 0.711. The first kappa shape index (κ1) is 16.8. The van der Waals surface area contributed by atoms with Crippen LogP contribution in [0.25, 0.3) is 0 Å². The van der Waals surface area contributed by atoms with Gasteiger partial charge in [-0.3, -0.25) is 9.59 Å². The maximum absolute atomic E-state index is 12.1. The minimum Gasteiger partial charge on any atom is -0.481 e. The number of nitrogens with zero attached hydrogens (tertiary/aromatic N) is 1. The summed E-state index contributed by atoms with van der Waals surface area (Å²) in [4.78, 5) is 22.4. The topological polar surface area (TPSA) is 71.3 Å². The highest BCUT2D eigenvalue weighted by atomic mass is 79.9. The Morgan fingerprint density at radius 3 is 2.65 bits per heavy atom. The van der Waals surface area contributed by atoms with Crippen LogP contribution in [0, 0.1) is 0 Å². The molecule has 2 N–H and O–H groups in total. The average Bonchev–Trinajstić information content (AvgIpc) is 2.75. The van der Waals surface area contributed by atoms with Crippen molar-refractivity contribution in [2.24, 2.45) is 0 Å². The first-order valence-corrected chi connectivity index (χ1v) is 7.58. The molecule has 1 aromatic heterocycles. The summed E-state index contributed by atoms with van der Waals surface area (Å²) in [5.41, 5.74) is 0.636. The molecule has 1 aromatic rings. The van der Waals surface area contributed by atoms with Crippen molar-refractivity contribution >= 4 is 27.8 Å². The number of carboxylic acids is 1. The summed E-state index contributed by atoms with van der Waals surface area (Å²) >= 11 is 3.38. The summed E-state index contributed by atoms with van der Waals surface area (Å²) in [6, 6.07) is 2.03. The fourth-order valence-electron chi connectivity index (χ4n) is 1.93. The molecule has 0 atom stereocenters. The van der Waals surface area contributed by atoms with E-state index in [2.05, 4.69) is 21.2 Å². The Balaban J connectivity index is 2.38. The smallest absolute Gasteiger partial charge is 0.303 e. The number of rotatable bonds is 8. The molecule has 0 radical (unpaired) electrons. The molecule has 0 spiro atoms. The van der Waals surface area contributed by atoms with Gasteiger partial charge in [-0.1, -0.05) is 6.42 Å². The van der Waals surface area contributed by atoms with Crippen molar-refractivity contribution in [2.75, 3.05) is 6.54 Å². The Bertz CT molecular complexity index is 469. The molecule has 112 valence electrons. The van der Waals surface area contributed by atoms with Gasteiger partial charge in [0.25, 0.3) is 5.91 Å². The predicted octanol–water partition coefficient (Wildman–Crippen LogP) is 3.21. The molecular formula is C14H21BrN2O3. The molecule has 5 nitrogen and oxygen atoms in total. The lowest BCUT2D eigenvalue weighted by atomic mass is 10.2. The van der Waals surface area contributed by atoms with Gasteiger partial charge in [-0.25, -0.2) is 0 Å². The monoisotopic (exact) mass is 344 g/mol. The maximum atomic E-state index is 12.1. The Morgan fingerprint density at radius 2 is 2.05 bits per heavy atom. The molecule has 0 aliphatic carbocycles. The van der Waals surface area contributed by atoms with Crippen LogP contribution < -0.4 is 5.32 Å². The average molecular weight is 345 g/mol. The fourth-order valence-corrected chi connectivity index (χ4v) is 2.36. The van der Waals surface area contributed by atoms with E-state index in [0.29, 0.717) is 18.7 Å². The fraction of sp³-hybridized carbons (Fsp3) is 0.571. The van der Waals surface area contributed by atoms with Crippen LogP contribution in [0.5, 0.6) is 0 Å². The van der Waals surface area contributed by atoms with Crippen LogP contribution in [0.1, 0.15) is 56.1 Å². The summed E-state index contributed by atoms with van der Waals surface area (Å²) in [5, 5.41) is 11.4. The first-order chi connectivity index (χ1) is 9.41. The highest BCUT2D eigenvalue weighted by Gasteiger charge is 2.14. The van der Waals surface area contributed by atoms with E-state index in [1.54, 1.807) is 6.07 Å². The van der Waals surface area contributed by atoms with Crippen molar-refractivity contribution in [3.8, 4) is 0 Å². The molecule has 1 rings (SSSR count). The molecule has 0 fully saturated rings. The van der Waals surface area contributed by atoms with E-state index in [1.165, 1.54) is 0 Å². The molecule has 0 saturated heterocycles. The normalized spacial score (nSPS) is 10.8. The lowest BCUT2D eigenvalue weighted by molar-refractivity contribution is -0.137. The summed E-state index contributed by atoms with van der Waals surface area (Å²) in [6.07, 6.45) is 4.34. The van der Waals surface area contributed by atoms with Crippen molar-refractivity contribution in [3.05, 3.63) is 22.4 Å². The maximum Gasteiger partial charge on any atom is 0.303 e. The summed E-state index contributed by atoms with van der Waals surface area (Å²) in [6.45, 7) is 4.61. The zero-order valence-electron chi connectivity index (χ0n) is 11.9. The van der Waals surface area contributed by atoms with Gasteiger partial charge in [-0.15, -0.1) is 0 Å². The van der Waals surface area contributed by atoms with Crippen LogP contribution in [0.4, 0.5) is 0 Å². The summed E-state index contributed by atoms with van der Waals surface area (Å²) < 4.78 is 2.81. The van der Waals surface area contributed by atoms with Crippen molar-refractivity contribution in [3.63, 3.8) is 0 Å². The van der Waals surface area contributed by atoms with Crippen molar-refractivity contribution in [2.45, 2.75) is 45.6 Å². The van der Waals surface area contributed by atoms with Crippen LogP contribution in [0.2, 0.25) is 0 Å². The van der Waals surface area contributed by atoms with Gasteiger partial charge >= 0.3 is 5.97 Å². The van der Waals surface area contributed by atoms with Gasteiger partial charge in [0.15, 0.2) is 0 Å². The second kappa shape index (κ2) is 8.09. The molecular weight excluding hydrogens is 324 g/mol. The highest BCUT2D eigenvalue weighted by molar-refractivity contribution is 9.10. The second-order valence-corrected chi connectivity index (χ2v) is 5.92. The Hall–Kier alpha value is -1.30. The van der Waals surface area contributed by atoms with Crippen molar-refractivity contribution < 1.29 is 14.7 Å². The van der Waals surface area contributed by atoms with Gasteiger partial charge < -0.3 is 15.0 Å². The number of aromatic nitrogens is 1. The van der Waals surface area contributed by atoms with E-state index in [4.69, 9.17) is 5.11 Å². The van der Waals surface area contributed by atoms with Crippen LogP contribution in [-0.2, 0) is 4.79 Å². The molecule has 0 aliphatic heterocycles. The number of carboxylic acid groups (broad SMARTS) is 1. The van der Waals surface area contributed by atoms with Crippen molar-refractivity contribution in [1.29, 1.82) is 0 Å². The van der Waals surface area contributed by atoms with Gasteiger partial charge in [-0.2, -0.15) is 0 Å². The SMILES string of the molecule is CC(C)n1cc(Br)cc1C(=O)NCCCCCC(=O)O. The standard InChI is InChI=1S/C14H21BrN2O3/c1-10(2)17-9-11(15)8-12(17)14(20)16-7-5-3-4-6-13(18)19/h8-10H,3-7H2,1-2H3,(H,16,20)(H,18,19). The van der Waals surface area contributed by atoms with Crippen LogP contribution in [-0.4, -0.2) is 28.1 Å². The van der Waals surface area contributed by atoms with Crippen LogP contribution >= 0.6 is 15.9 Å². The van der Waals surface area contributed by atoms with Gasteiger partial charge in [-0.05, 0) is 48.7 Å². The second-order valence-electron chi connectivity index (χ2n) is 5.00. The highest BCUT2D eigenvalue weighted by Crippen LogP contribution is 2.19. The lowest BCUT2D eigenvalue weighted by Crippen LogP contribution is -2.27. The first-order valence-electron chi connectivity index (χ1n) is 6.79. The number of halogens is 1. The Labute approximate surface area is 127 Å². The molecule has 0 unspecified atom stereocenters. The number of amides is 1. The molecule has 20 heavy (non-hydrogen) atoms. The molecule has 0 saturated carbocycles. The van der Waals surface area contributed by atoms with Crippen molar-refractivity contribution in [1.82, 2.24) is 9.88 Å². The molecule has 0 aliphatic rings. The third-order valence-electron chi connectivity index (χ3n) is 2.96. The van der Waals surface area contributed by atoms with Gasteiger partial charge in [0, 0.05) is 29.7 Å². The van der Waals surface area contributed by atoms with E-state index in [9.17, 15) is 9.59 Å². The largest absolute Gasteiger partial charge is 0.481 e. The lowest BCUT2D eigenvalue weighted by Gasteiger charge is -2.12. The van der Waals surface area contributed by atoms with E-state index < -0.39 is 5.97 Å². The van der Waals surface area contributed by atoms with Gasteiger partial charge in [0.05, 0.1) is 0 Å². The van der Waals surface area contributed by atoms with Crippen LogP contribution in [0.15, 0.2) is 16.7 Å². The number of unbranched alkanes of at least 4 members (excludes halogenated alkanes) is 2. The van der Waals surface area contributed by atoms with E-state index >= 15 is 0 Å². The third-order valence-corrected chi connectivity index (χ3v) is 3.39. The molecule has 0 bridgehead atoms. The molecule has 6 heteroatoms. The summed E-state index contributed by atoms with van der Waals surface area (Å²) in [7, 11) is 0.